The maximum absolute atomic E-state index is 12.7. The molecule has 0 aliphatic rings. The predicted octanol–water partition coefficient (Wildman–Crippen LogP) is 5.73. The van der Waals surface area contributed by atoms with Crippen LogP contribution in [0.5, 0.6) is 0 Å². The molecule has 7 heteroatoms. The van der Waals surface area contributed by atoms with Gasteiger partial charge in [-0.3, -0.25) is 9.36 Å². The van der Waals surface area contributed by atoms with Crippen molar-refractivity contribution in [3.05, 3.63) is 109 Å². The normalized spacial score (nSPS) is 11.2. The number of rotatable bonds is 7. The van der Waals surface area contributed by atoms with Gasteiger partial charge >= 0.3 is 0 Å². The van der Waals surface area contributed by atoms with Gasteiger partial charge in [-0.05, 0) is 30.2 Å². The van der Waals surface area contributed by atoms with Crippen LogP contribution < -0.4 is 0 Å². The Balaban J connectivity index is 1.16. The van der Waals surface area contributed by atoms with E-state index in [2.05, 4.69) is 26.2 Å². The minimum atomic E-state index is 0.0791. The summed E-state index contributed by atoms with van der Waals surface area (Å²) in [5.41, 5.74) is 6.64. The van der Waals surface area contributed by atoms with Crippen LogP contribution in [-0.4, -0.2) is 30.5 Å². The first-order valence-corrected chi connectivity index (χ1v) is 11.7. The summed E-state index contributed by atoms with van der Waals surface area (Å²) in [4.78, 5) is 25.0. The van der Waals surface area contributed by atoms with Crippen LogP contribution >= 0.6 is 0 Å². The van der Waals surface area contributed by atoms with E-state index in [4.69, 9.17) is 4.52 Å². The van der Waals surface area contributed by atoms with Crippen LogP contribution in [0.4, 0.5) is 0 Å². The molecule has 0 spiro atoms. The summed E-state index contributed by atoms with van der Waals surface area (Å²) in [5, 5.41) is 5.12. The fraction of sp³-hybridized carbons (Fsp3) is 0.103. The molecular weight excluding hydrogens is 450 g/mol. The molecule has 2 aromatic carbocycles. The molecule has 0 saturated carbocycles. The quantitative estimate of drug-likeness (QED) is 0.320. The lowest BCUT2D eigenvalue weighted by molar-refractivity contribution is -0.118. The van der Waals surface area contributed by atoms with Gasteiger partial charge in [0, 0.05) is 41.5 Å². The van der Waals surface area contributed by atoms with Crippen molar-refractivity contribution in [1.82, 2.24) is 24.7 Å². The van der Waals surface area contributed by atoms with Crippen LogP contribution in [0.25, 0.3) is 39.2 Å². The molecule has 6 aromatic rings. The van der Waals surface area contributed by atoms with Crippen LogP contribution in [-0.2, 0) is 17.6 Å². The Morgan fingerprint density at radius 1 is 0.944 bits per heavy atom. The van der Waals surface area contributed by atoms with E-state index in [1.54, 1.807) is 12.5 Å². The Bertz CT molecular complexity index is 1660. The van der Waals surface area contributed by atoms with Crippen molar-refractivity contribution < 1.29 is 9.32 Å². The summed E-state index contributed by atoms with van der Waals surface area (Å²) < 4.78 is 7.32. The number of hydrogen-bond donors (Lipinski definition) is 1. The van der Waals surface area contributed by atoms with Crippen molar-refractivity contribution >= 4 is 16.7 Å². The zero-order chi connectivity index (χ0) is 24.5. The number of aromatic nitrogens is 5. The molecule has 1 N–H and O–H groups in total. The smallest absolute Gasteiger partial charge is 0.147 e. The third kappa shape index (κ3) is 4.34. The third-order valence-corrected chi connectivity index (χ3v) is 6.15. The summed E-state index contributed by atoms with van der Waals surface area (Å²) >= 11 is 0. The molecule has 0 saturated heterocycles. The summed E-state index contributed by atoms with van der Waals surface area (Å²) in [5.74, 6) is 1.49. The number of benzene rings is 2. The highest BCUT2D eigenvalue weighted by Gasteiger charge is 2.13. The highest BCUT2D eigenvalue weighted by molar-refractivity contribution is 5.91. The van der Waals surface area contributed by atoms with Gasteiger partial charge in [0.2, 0.25) is 0 Å². The van der Waals surface area contributed by atoms with Crippen molar-refractivity contribution in [3.63, 3.8) is 0 Å². The highest BCUT2D eigenvalue weighted by Crippen LogP contribution is 2.28. The Kier molecular flexibility index (Phi) is 5.50. The van der Waals surface area contributed by atoms with Gasteiger partial charge in [-0.15, -0.1) is 0 Å². The Labute approximate surface area is 207 Å². The molecule has 0 unspecified atom stereocenters. The monoisotopic (exact) mass is 473 g/mol. The Morgan fingerprint density at radius 3 is 2.56 bits per heavy atom. The molecule has 0 amide bonds. The van der Waals surface area contributed by atoms with Gasteiger partial charge in [0.15, 0.2) is 0 Å². The van der Waals surface area contributed by atoms with Gasteiger partial charge in [-0.1, -0.05) is 59.8 Å². The third-order valence-electron chi connectivity index (χ3n) is 6.15. The van der Waals surface area contributed by atoms with Crippen molar-refractivity contribution in [2.75, 3.05) is 0 Å². The Hall–Kier alpha value is -4.78. The molecule has 0 radical (unpaired) electrons. The van der Waals surface area contributed by atoms with E-state index in [1.807, 2.05) is 84.4 Å². The number of nitrogens with zero attached hydrogens (tertiary/aromatic N) is 4. The highest BCUT2D eigenvalue weighted by atomic mass is 16.5. The van der Waals surface area contributed by atoms with Crippen molar-refractivity contribution in [1.29, 1.82) is 0 Å². The molecule has 176 valence electrons. The number of fused-ring (bicyclic) bond motifs is 1. The molecular formula is C29H23N5O2. The lowest BCUT2D eigenvalue weighted by atomic mass is 10.0. The predicted molar refractivity (Wildman–Crippen MR) is 138 cm³/mol. The van der Waals surface area contributed by atoms with E-state index in [0.717, 1.165) is 50.5 Å². The summed E-state index contributed by atoms with van der Waals surface area (Å²) in [6.45, 7) is 1.96. The van der Waals surface area contributed by atoms with Crippen LogP contribution in [0, 0.1) is 6.92 Å². The number of imidazole rings is 1. The average molecular weight is 474 g/mol. The average Bonchev–Trinajstić information content (AvgIpc) is 3.64. The molecule has 0 aliphatic heterocycles. The standard InChI is InChI=1S/C29H23N5O2/c1-19-17-34(18-31-19)29-25-16-27(32-26(25)11-12-30-29)22-9-7-20(8-10-22)13-23(35)14-24-15-28(33-36-24)21-5-3-2-4-6-21/h2-12,15-18,32H,13-14H2,1H3. The molecule has 36 heavy (non-hydrogen) atoms. The second kappa shape index (κ2) is 9.11. The van der Waals surface area contributed by atoms with Gasteiger partial charge < -0.3 is 9.51 Å². The topological polar surface area (TPSA) is 89.6 Å². The number of carbonyl (C=O) groups excluding carboxylic acids is 1. The maximum Gasteiger partial charge on any atom is 0.147 e. The van der Waals surface area contributed by atoms with Crippen molar-refractivity contribution in [2.24, 2.45) is 0 Å². The molecule has 0 bridgehead atoms. The number of hydrogen-bond acceptors (Lipinski definition) is 5. The lowest BCUT2D eigenvalue weighted by Gasteiger charge is -2.02. The van der Waals surface area contributed by atoms with E-state index >= 15 is 0 Å². The number of aryl methyl sites for hydroxylation is 1. The summed E-state index contributed by atoms with van der Waals surface area (Å²) in [6, 6.07) is 23.7. The van der Waals surface area contributed by atoms with Crippen molar-refractivity contribution in [3.8, 4) is 28.3 Å². The van der Waals surface area contributed by atoms with Crippen molar-refractivity contribution in [2.45, 2.75) is 19.8 Å². The molecule has 7 nitrogen and oxygen atoms in total. The number of aromatic amines is 1. The minimum Gasteiger partial charge on any atom is -0.360 e. The number of pyridine rings is 1. The molecule has 0 atom stereocenters. The molecule has 4 aromatic heterocycles. The van der Waals surface area contributed by atoms with E-state index in [1.165, 1.54) is 0 Å². The van der Waals surface area contributed by atoms with Crippen LogP contribution in [0.15, 0.2) is 96.0 Å². The number of nitrogens with one attached hydrogen (secondary N) is 1. The second-order valence-electron chi connectivity index (χ2n) is 8.83. The van der Waals surface area contributed by atoms with Crippen LogP contribution in [0.3, 0.4) is 0 Å². The van der Waals surface area contributed by atoms with Gasteiger partial charge in [0.05, 0.1) is 17.6 Å². The second-order valence-corrected chi connectivity index (χ2v) is 8.83. The number of H-pyrrole nitrogens is 1. The fourth-order valence-corrected chi connectivity index (χ4v) is 4.37. The lowest BCUT2D eigenvalue weighted by Crippen LogP contribution is -2.05. The fourth-order valence-electron chi connectivity index (χ4n) is 4.37. The molecule has 0 aliphatic carbocycles. The molecule has 0 fully saturated rings. The first kappa shape index (κ1) is 21.7. The van der Waals surface area contributed by atoms with E-state index in [0.29, 0.717) is 12.2 Å². The SMILES string of the molecule is Cc1cn(-c2nccc3[nH]c(-c4ccc(CC(=O)Cc5cc(-c6ccccc6)no5)cc4)cc23)cn1. The van der Waals surface area contributed by atoms with E-state index in [9.17, 15) is 4.79 Å². The van der Waals surface area contributed by atoms with Gasteiger partial charge in [0.25, 0.3) is 0 Å². The largest absolute Gasteiger partial charge is 0.360 e. The minimum absolute atomic E-state index is 0.0791. The molecule has 6 rings (SSSR count). The zero-order valence-electron chi connectivity index (χ0n) is 19.7. The number of ketones is 1. The van der Waals surface area contributed by atoms with E-state index in [-0.39, 0.29) is 12.2 Å². The Morgan fingerprint density at radius 2 is 1.78 bits per heavy atom. The maximum atomic E-state index is 12.7. The summed E-state index contributed by atoms with van der Waals surface area (Å²) in [6.07, 6.45) is 6.08. The van der Waals surface area contributed by atoms with Crippen LogP contribution in [0.1, 0.15) is 17.0 Å². The van der Waals surface area contributed by atoms with E-state index < -0.39 is 0 Å². The van der Waals surface area contributed by atoms with Gasteiger partial charge in [-0.2, -0.15) is 0 Å². The summed E-state index contributed by atoms with van der Waals surface area (Å²) in [7, 11) is 0. The number of carbonyl (C=O) groups is 1. The van der Waals surface area contributed by atoms with Crippen LogP contribution in [0.2, 0.25) is 0 Å². The number of Topliss-reactive ketones (excluding diaryl/α,β-unsaturated/α-hetero) is 1. The van der Waals surface area contributed by atoms with Gasteiger partial charge in [-0.25, -0.2) is 9.97 Å². The van der Waals surface area contributed by atoms with Gasteiger partial charge in [0.1, 0.15) is 29.4 Å². The first-order valence-electron chi connectivity index (χ1n) is 11.7. The molecule has 4 heterocycles. The first-order chi connectivity index (χ1) is 17.6. The zero-order valence-corrected chi connectivity index (χ0v) is 19.7.